The molecule has 120 valence electrons. The number of H-pyrrole nitrogens is 1. The minimum Gasteiger partial charge on any atom is -0.326 e. The van der Waals surface area contributed by atoms with Crippen LogP contribution in [-0.4, -0.2) is 20.4 Å². The van der Waals surface area contributed by atoms with Crippen molar-refractivity contribution in [3.05, 3.63) is 67.0 Å². The Morgan fingerprint density at radius 3 is 2.74 bits per heavy atom. The molecule has 23 heavy (non-hydrogen) atoms. The molecule has 0 atom stereocenters. The van der Waals surface area contributed by atoms with Crippen LogP contribution in [0.3, 0.4) is 0 Å². The van der Waals surface area contributed by atoms with E-state index in [1.165, 1.54) is 29.0 Å². The lowest BCUT2D eigenvalue weighted by Crippen LogP contribution is -2.29. The van der Waals surface area contributed by atoms with E-state index >= 15 is 0 Å². The molecule has 0 fully saturated rings. The molecular formula is C14H14N4O5. The van der Waals surface area contributed by atoms with E-state index in [-0.39, 0.29) is 18.7 Å². The molecule has 0 spiro atoms. The third kappa shape index (κ3) is 4.13. The Labute approximate surface area is 129 Å². The molecule has 0 unspecified atom stereocenters. The summed E-state index contributed by atoms with van der Waals surface area (Å²) in [5.41, 5.74) is -0.203. The van der Waals surface area contributed by atoms with Crippen LogP contribution in [0.15, 0.2) is 40.1 Å². The molecule has 1 heterocycles. The number of aryl methyl sites for hydroxylation is 2. The van der Waals surface area contributed by atoms with Crippen molar-refractivity contribution < 1.29 is 9.72 Å². The van der Waals surface area contributed by atoms with Gasteiger partial charge in [0.2, 0.25) is 5.91 Å². The third-order valence-corrected chi connectivity index (χ3v) is 3.18. The number of nitro groups is 1. The highest BCUT2D eigenvalue weighted by Gasteiger charge is 2.11. The number of hydrogen-bond donors (Lipinski definition) is 2. The van der Waals surface area contributed by atoms with Crippen molar-refractivity contribution in [3.63, 3.8) is 0 Å². The van der Waals surface area contributed by atoms with E-state index in [1.807, 2.05) is 0 Å². The first kappa shape index (κ1) is 16.1. The van der Waals surface area contributed by atoms with E-state index in [4.69, 9.17) is 0 Å². The van der Waals surface area contributed by atoms with Gasteiger partial charge in [-0.1, -0.05) is 6.07 Å². The molecule has 2 aromatic rings. The number of carbonyl (C=O) groups is 1. The predicted molar refractivity (Wildman–Crippen MR) is 82.4 cm³/mol. The van der Waals surface area contributed by atoms with Crippen LogP contribution in [-0.2, 0) is 11.3 Å². The Morgan fingerprint density at radius 2 is 2.09 bits per heavy atom. The van der Waals surface area contributed by atoms with Crippen molar-refractivity contribution >= 4 is 17.3 Å². The van der Waals surface area contributed by atoms with E-state index in [2.05, 4.69) is 10.3 Å². The van der Waals surface area contributed by atoms with Gasteiger partial charge in [0, 0.05) is 37.4 Å². The number of aromatic amines is 1. The van der Waals surface area contributed by atoms with Gasteiger partial charge in [0.25, 0.3) is 11.2 Å². The molecular weight excluding hydrogens is 304 g/mol. The zero-order valence-corrected chi connectivity index (χ0v) is 12.2. The number of benzene rings is 1. The maximum atomic E-state index is 11.9. The van der Waals surface area contributed by atoms with Crippen LogP contribution in [0.25, 0.3) is 0 Å². The van der Waals surface area contributed by atoms with Gasteiger partial charge >= 0.3 is 5.69 Å². The number of hydrogen-bond acceptors (Lipinski definition) is 5. The first-order valence-corrected chi connectivity index (χ1v) is 6.71. The molecule has 9 heteroatoms. The number of amides is 1. The van der Waals surface area contributed by atoms with E-state index < -0.39 is 22.1 Å². The fourth-order valence-electron chi connectivity index (χ4n) is 1.91. The van der Waals surface area contributed by atoms with Crippen LogP contribution in [0, 0.1) is 17.0 Å². The van der Waals surface area contributed by atoms with Crippen LogP contribution < -0.4 is 16.6 Å². The highest BCUT2D eigenvalue weighted by atomic mass is 16.6. The van der Waals surface area contributed by atoms with Crippen molar-refractivity contribution in [2.75, 3.05) is 5.32 Å². The molecule has 2 rings (SSSR count). The van der Waals surface area contributed by atoms with Gasteiger partial charge in [-0.25, -0.2) is 4.79 Å². The first-order valence-electron chi connectivity index (χ1n) is 6.71. The first-order chi connectivity index (χ1) is 10.9. The van der Waals surface area contributed by atoms with Gasteiger partial charge in [-0.15, -0.1) is 0 Å². The van der Waals surface area contributed by atoms with Crippen LogP contribution in [0.1, 0.15) is 12.0 Å². The zero-order valence-electron chi connectivity index (χ0n) is 12.2. The number of nitro benzene ring substituents is 1. The SMILES string of the molecule is Cc1ccc([N+](=O)[O-])cc1NC(=O)CCn1ccc(=O)[nH]c1=O. The summed E-state index contributed by atoms with van der Waals surface area (Å²) >= 11 is 0. The summed E-state index contributed by atoms with van der Waals surface area (Å²) in [5, 5.41) is 13.3. The Bertz CT molecular complexity index is 868. The van der Waals surface area contributed by atoms with Gasteiger partial charge in [0.05, 0.1) is 10.6 Å². The second-order valence-electron chi connectivity index (χ2n) is 4.86. The molecule has 1 aromatic carbocycles. The maximum absolute atomic E-state index is 11.9. The molecule has 2 N–H and O–H groups in total. The molecule has 0 radical (unpaired) electrons. The third-order valence-electron chi connectivity index (χ3n) is 3.18. The Morgan fingerprint density at radius 1 is 1.35 bits per heavy atom. The Kier molecular flexibility index (Phi) is 4.69. The average Bonchev–Trinajstić information content (AvgIpc) is 2.48. The topological polar surface area (TPSA) is 127 Å². The standard InChI is InChI=1S/C14H14N4O5/c1-9-2-3-10(18(22)23)8-11(9)15-12(19)4-6-17-7-5-13(20)16-14(17)21/h2-3,5,7-8H,4,6H2,1H3,(H,15,19)(H,16,20,21). The quantitative estimate of drug-likeness (QED) is 0.622. The Hall–Kier alpha value is -3.23. The van der Waals surface area contributed by atoms with Gasteiger partial charge in [0.15, 0.2) is 0 Å². The van der Waals surface area contributed by atoms with Crippen molar-refractivity contribution in [1.29, 1.82) is 0 Å². The number of nitrogens with zero attached hydrogens (tertiary/aromatic N) is 2. The number of rotatable bonds is 5. The average molecular weight is 318 g/mol. The fraction of sp³-hybridized carbons (Fsp3) is 0.214. The summed E-state index contributed by atoms with van der Waals surface area (Å²) in [4.78, 5) is 46.6. The summed E-state index contributed by atoms with van der Waals surface area (Å²) in [7, 11) is 0. The summed E-state index contributed by atoms with van der Waals surface area (Å²) in [5.74, 6) is -0.397. The van der Waals surface area contributed by atoms with Crippen molar-refractivity contribution in [1.82, 2.24) is 9.55 Å². The lowest BCUT2D eigenvalue weighted by atomic mass is 10.2. The number of anilines is 1. The molecule has 0 saturated carbocycles. The van der Waals surface area contributed by atoms with Crippen molar-refractivity contribution in [2.24, 2.45) is 0 Å². The van der Waals surface area contributed by atoms with E-state index in [9.17, 15) is 24.5 Å². The monoisotopic (exact) mass is 318 g/mol. The van der Waals surface area contributed by atoms with Crippen LogP contribution in [0.5, 0.6) is 0 Å². The van der Waals surface area contributed by atoms with E-state index in [0.717, 1.165) is 0 Å². The molecule has 0 aliphatic rings. The number of aromatic nitrogens is 2. The van der Waals surface area contributed by atoms with Crippen LogP contribution in [0.4, 0.5) is 11.4 Å². The van der Waals surface area contributed by atoms with Gasteiger partial charge in [-0.2, -0.15) is 0 Å². The van der Waals surface area contributed by atoms with Crippen molar-refractivity contribution in [2.45, 2.75) is 19.9 Å². The highest BCUT2D eigenvalue weighted by molar-refractivity contribution is 5.91. The molecule has 0 bridgehead atoms. The summed E-state index contributed by atoms with van der Waals surface area (Å²) < 4.78 is 1.20. The fourth-order valence-corrected chi connectivity index (χ4v) is 1.91. The van der Waals surface area contributed by atoms with Gasteiger partial charge < -0.3 is 9.88 Å². The Balaban J connectivity index is 2.05. The predicted octanol–water partition coefficient (Wildman–Crippen LogP) is 0.782. The van der Waals surface area contributed by atoms with Crippen LogP contribution in [0.2, 0.25) is 0 Å². The smallest absolute Gasteiger partial charge is 0.326 e. The minimum atomic E-state index is -0.600. The zero-order chi connectivity index (χ0) is 17.0. The lowest BCUT2D eigenvalue weighted by Gasteiger charge is -2.09. The molecule has 0 saturated heterocycles. The summed E-state index contributed by atoms with van der Waals surface area (Å²) in [6.45, 7) is 1.79. The molecule has 1 amide bonds. The molecule has 9 nitrogen and oxygen atoms in total. The maximum Gasteiger partial charge on any atom is 0.328 e. The molecule has 1 aromatic heterocycles. The second kappa shape index (κ2) is 6.69. The number of nitrogens with one attached hydrogen (secondary N) is 2. The van der Waals surface area contributed by atoms with Crippen LogP contribution >= 0.6 is 0 Å². The van der Waals surface area contributed by atoms with Gasteiger partial charge in [0.1, 0.15) is 0 Å². The lowest BCUT2D eigenvalue weighted by molar-refractivity contribution is -0.384. The van der Waals surface area contributed by atoms with E-state index in [0.29, 0.717) is 11.3 Å². The van der Waals surface area contributed by atoms with Gasteiger partial charge in [-0.3, -0.25) is 24.7 Å². The van der Waals surface area contributed by atoms with E-state index in [1.54, 1.807) is 13.0 Å². The highest BCUT2D eigenvalue weighted by Crippen LogP contribution is 2.21. The normalized spacial score (nSPS) is 10.3. The van der Waals surface area contributed by atoms with Gasteiger partial charge in [-0.05, 0) is 12.5 Å². The summed E-state index contributed by atoms with van der Waals surface area (Å²) in [6.07, 6.45) is 1.28. The number of non-ortho nitro benzene ring substituents is 1. The minimum absolute atomic E-state index is 0.0198. The largest absolute Gasteiger partial charge is 0.328 e. The second-order valence-corrected chi connectivity index (χ2v) is 4.86. The molecule has 0 aliphatic heterocycles. The van der Waals surface area contributed by atoms with Crippen molar-refractivity contribution in [3.8, 4) is 0 Å². The summed E-state index contributed by atoms with van der Waals surface area (Å²) in [6, 6.07) is 5.36. The number of carbonyl (C=O) groups excluding carboxylic acids is 1. The molecule has 0 aliphatic carbocycles.